The van der Waals surface area contributed by atoms with Crippen LogP contribution in [0.2, 0.25) is 0 Å². The molecule has 19 heavy (non-hydrogen) atoms. The fourth-order valence-corrected chi connectivity index (χ4v) is 5.02. The lowest BCUT2D eigenvalue weighted by Gasteiger charge is -2.46. The maximum absolute atomic E-state index is 5.95. The largest absolute Gasteiger partial charge is 0.330 e. The van der Waals surface area contributed by atoms with E-state index in [1.807, 2.05) is 0 Å². The number of nitrogens with two attached hydrogens (primary N) is 1. The summed E-state index contributed by atoms with van der Waals surface area (Å²) in [5.74, 6) is 1.59. The van der Waals surface area contributed by atoms with Crippen molar-refractivity contribution in [1.29, 1.82) is 0 Å². The first-order chi connectivity index (χ1) is 9.22. The molecular formula is C17H32N2. The summed E-state index contributed by atoms with van der Waals surface area (Å²) in [6.45, 7) is 5.88. The van der Waals surface area contributed by atoms with Crippen molar-refractivity contribution >= 4 is 0 Å². The van der Waals surface area contributed by atoms with Gasteiger partial charge in [-0.15, -0.1) is 0 Å². The van der Waals surface area contributed by atoms with Gasteiger partial charge in [-0.3, -0.25) is 0 Å². The minimum atomic E-state index is 0.746. The quantitative estimate of drug-likeness (QED) is 0.828. The van der Waals surface area contributed by atoms with Crippen LogP contribution >= 0.6 is 0 Å². The van der Waals surface area contributed by atoms with E-state index < -0.39 is 0 Å². The van der Waals surface area contributed by atoms with Crippen molar-refractivity contribution < 1.29 is 0 Å². The van der Waals surface area contributed by atoms with Crippen LogP contribution in [0, 0.1) is 17.3 Å². The maximum Gasteiger partial charge on any atom is 0.00957 e. The Kier molecular flexibility index (Phi) is 4.19. The van der Waals surface area contributed by atoms with E-state index in [0.29, 0.717) is 0 Å². The van der Waals surface area contributed by atoms with E-state index in [-0.39, 0.29) is 0 Å². The van der Waals surface area contributed by atoms with E-state index in [0.717, 1.165) is 29.8 Å². The third kappa shape index (κ3) is 2.85. The van der Waals surface area contributed by atoms with Gasteiger partial charge >= 0.3 is 0 Å². The van der Waals surface area contributed by atoms with E-state index in [2.05, 4.69) is 11.8 Å². The molecule has 2 atom stereocenters. The molecule has 2 N–H and O–H groups in total. The molecule has 3 aliphatic rings. The van der Waals surface area contributed by atoms with Crippen molar-refractivity contribution in [2.45, 2.75) is 70.8 Å². The van der Waals surface area contributed by atoms with Gasteiger partial charge in [-0.1, -0.05) is 19.8 Å². The van der Waals surface area contributed by atoms with Crippen molar-refractivity contribution in [2.24, 2.45) is 23.0 Å². The number of piperidine rings is 1. The summed E-state index contributed by atoms with van der Waals surface area (Å²) in [6, 6.07) is 0.882. The van der Waals surface area contributed by atoms with E-state index in [1.54, 1.807) is 0 Å². The zero-order valence-corrected chi connectivity index (χ0v) is 12.7. The summed E-state index contributed by atoms with van der Waals surface area (Å²) in [6.07, 6.45) is 13.4. The van der Waals surface area contributed by atoms with Crippen LogP contribution in [0.3, 0.4) is 0 Å². The highest BCUT2D eigenvalue weighted by molar-refractivity contribution is 4.93. The Bertz CT molecular complexity index is 286. The van der Waals surface area contributed by atoms with Crippen molar-refractivity contribution in [3.8, 4) is 0 Å². The molecule has 2 saturated carbocycles. The molecule has 2 heteroatoms. The van der Waals surface area contributed by atoms with Crippen molar-refractivity contribution in [3.63, 3.8) is 0 Å². The average molecular weight is 264 g/mol. The third-order valence-corrected chi connectivity index (χ3v) is 6.64. The molecule has 1 spiro atoms. The highest BCUT2D eigenvalue weighted by Crippen LogP contribution is 2.49. The molecule has 0 bridgehead atoms. The summed E-state index contributed by atoms with van der Waals surface area (Å²) < 4.78 is 0. The molecule has 3 fully saturated rings. The Labute approximate surface area is 119 Å². The highest BCUT2D eigenvalue weighted by atomic mass is 15.2. The second kappa shape index (κ2) is 5.73. The Balaban J connectivity index is 1.53. The topological polar surface area (TPSA) is 29.3 Å². The molecule has 1 aliphatic heterocycles. The monoisotopic (exact) mass is 264 g/mol. The van der Waals surface area contributed by atoms with Gasteiger partial charge in [-0.05, 0) is 75.3 Å². The minimum Gasteiger partial charge on any atom is -0.330 e. The van der Waals surface area contributed by atoms with E-state index in [1.165, 1.54) is 70.9 Å². The van der Waals surface area contributed by atoms with Gasteiger partial charge in [0.15, 0.2) is 0 Å². The van der Waals surface area contributed by atoms with Gasteiger partial charge in [0.25, 0.3) is 0 Å². The average Bonchev–Trinajstić information content (AvgIpc) is 2.89. The summed E-state index contributed by atoms with van der Waals surface area (Å²) >= 11 is 0. The lowest BCUT2D eigenvalue weighted by Crippen LogP contribution is -2.49. The zero-order chi connectivity index (χ0) is 13.3. The van der Waals surface area contributed by atoms with Crippen LogP contribution in [0.15, 0.2) is 0 Å². The molecule has 110 valence electrons. The first kappa shape index (κ1) is 13.9. The SMILES string of the molecule is CC1CCN(C2CCC3(CCCC3)CC2)CC1CN. The molecule has 2 nitrogen and oxygen atoms in total. The predicted molar refractivity (Wildman–Crippen MR) is 81.1 cm³/mol. The number of hydrogen-bond acceptors (Lipinski definition) is 2. The van der Waals surface area contributed by atoms with Gasteiger partial charge in [0.1, 0.15) is 0 Å². The Hall–Kier alpha value is -0.0800. The van der Waals surface area contributed by atoms with E-state index >= 15 is 0 Å². The number of likely N-dealkylation sites (tertiary alicyclic amines) is 1. The van der Waals surface area contributed by atoms with E-state index in [9.17, 15) is 0 Å². The second-order valence-electron chi connectivity index (χ2n) is 7.69. The predicted octanol–water partition coefficient (Wildman–Crippen LogP) is 3.41. The molecule has 1 saturated heterocycles. The first-order valence-electron chi connectivity index (χ1n) is 8.67. The van der Waals surface area contributed by atoms with Gasteiger partial charge < -0.3 is 10.6 Å². The van der Waals surface area contributed by atoms with Crippen LogP contribution in [0.4, 0.5) is 0 Å². The first-order valence-corrected chi connectivity index (χ1v) is 8.67. The van der Waals surface area contributed by atoms with Gasteiger partial charge in [-0.25, -0.2) is 0 Å². The number of nitrogens with zero attached hydrogens (tertiary/aromatic N) is 1. The number of rotatable bonds is 2. The van der Waals surface area contributed by atoms with Crippen LogP contribution in [0.1, 0.15) is 64.7 Å². The van der Waals surface area contributed by atoms with Crippen LogP contribution in [0.5, 0.6) is 0 Å². The van der Waals surface area contributed by atoms with Crippen LogP contribution in [-0.2, 0) is 0 Å². The Morgan fingerprint density at radius 3 is 2.37 bits per heavy atom. The summed E-state index contributed by atoms with van der Waals surface area (Å²) in [7, 11) is 0. The molecule has 0 aromatic rings. The maximum atomic E-state index is 5.95. The summed E-state index contributed by atoms with van der Waals surface area (Å²) in [5.41, 5.74) is 6.74. The fraction of sp³-hybridized carbons (Fsp3) is 1.00. The van der Waals surface area contributed by atoms with Crippen molar-refractivity contribution in [2.75, 3.05) is 19.6 Å². The van der Waals surface area contributed by atoms with Gasteiger partial charge in [0, 0.05) is 12.6 Å². The van der Waals surface area contributed by atoms with Gasteiger partial charge in [-0.2, -0.15) is 0 Å². The molecule has 3 rings (SSSR count). The molecule has 0 amide bonds. The normalized spacial score (nSPS) is 36.9. The number of hydrogen-bond donors (Lipinski definition) is 1. The molecule has 0 radical (unpaired) electrons. The summed E-state index contributed by atoms with van der Waals surface area (Å²) in [5, 5.41) is 0. The van der Waals surface area contributed by atoms with E-state index in [4.69, 9.17) is 5.73 Å². The van der Waals surface area contributed by atoms with Crippen LogP contribution in [-0.4, -0.2) is 30.6 Å². The molecule has 1 heterocycles. The van der Waals surface area contributed by atoms with Gasteiger partial charge in [0.2, 0.25) is 0 Å². The molecule has 2 aliphatic carbocycles. The van der Waals surface area contributed by atoms with Crippen molar-refractivity contribution in [3.05, 3.63) is 0 Å². The lowest BCUT2D eigenvalue weighted by molar-refractivity contribution is 0.0438. The molecule has 0 aromatic heterocycles. The minimum absolute atomic E-state index is 0.746. The summed E-state index contributed by atoms with van der Waals surface area (Å²) in [4.78, 5) is 2.79. The fourth-order valence-electron chi connectivity index (χ4n) is 5.02. The van der Waals surface area contributed by atoms with Crippen molar-refractivity contribution in [1.82, 2.24) is 4.90 Å². The molecular weight excluding hydrogens is 232 g/mol. The Morgan fingerprint density at radius 2 is 1.74 bits per heavy atom. The van der Waals surface area contributed by atoms with Crippen LogP contribution in [0.25, 0.3) is 0 Å². The molecule has 0 aromatic carbocycles. The second-order valence-corrected chi connectivity index (χ2v) is 7.69. The zero-order valence-electron chi connectivity index (χ0n) is 12.7. The third-order valence-electron chi connectivity index (χ3n) is 6.64. The smallest absolute Gasteiger partial charge is 0.00957 e. The molecule has 2 unspecified atom stereocenters. The highest BCUT2D eigenvalue weighted by Gasteiger charge is 2.39. The lowest BCUT2D eigenvalue weighted by atomic mass is 9.70. The Morgan fingerprint density at radius 1 is 1.05 bits per heavy atom. The van der Waals surface area contributed by atoms with Crippen LogP contribution < -0.4 is 5.73 Å². The van der Waals surface area contributed by atoms with Gasteiger partial charge in [0.05, 0.1) is 0 Å². The standard InChI is InChI=1S/C17H32N2/c1-14-6-11-19(13-15(14)12-18)16-4-9-17(10-5-16)7-2-3-8-17/h14-16H,2-13,18H2,1H3.